The fourth-order valence-corrected chi connectivity index (χ4v) is 3.15. The summed E-state index contributed by atoms with van der Waals surface area (Å²) in [5, 5.41) is 19.0. The molecule has 0 saturated heterocycles. The third kappa shape index (κ3) is 14.0. The lowest BCUT2D eigenvalue weighted by molar-refractivity contribution is -0.137. The van der Waals surface area contributed by atoms with Crippen LogP contribution in [0.5, 0.6) is 0 Å². The van der Waals surface area contributed by atoms with Crippen molar-refractivity contribution < 1.29 is 19.8 Å². The maximum absolute atomic E-state index is 12.4. The van der Waals surface area contributed by atoms with Crippen molar-refractivity contribution in [1.82, 2.24) is 0 Å². The van der Waals surface area contributed by atoms with Gasteiger partial charge in [-0.3, -0.25) is 9.59 Å². The predicted octanol–water partition coefficient (Wildman–Crippen LogP) is 4.30. The number of hydrogen-bond donors (Lipinski definition) is 4. The van der Waals surface area contributed by atoms with E-state index in [9.17, 15) is 14.7 Å². The van der Waals surface area contributed by atoms with Gasteiger partial charge in [-0.15, -0.1) is 0 Å². The number of carboxylic acid groups (broad SMARTS) is 1. The van der Waals surface area contributed by atoms with Crippen LogP contribution in [0.1, 0.15) is 77.6 Å². The molecule has 0 aliphatic carbocycles. The maximum Gasteiger partial charge on any atom is 0.303 e. The summed E-state index contributed by atoms with van der Waals surface area (Å²) in [5.41, 5.74) is 5.78. The molecule has 0 amide bonds. The van der Waals surface area contributed by atoms with Crippen LogP contribution in [0.2, 0.25) is 0 Å². The Labute approximate surface area is 175 Å². The van der Waals surface area contributed by atoms with Crippen LogP contribution in [-0.4, -0.2) is 39.9 Å². The number of rotatable bonds is 18. The van der Waals surface area contributed by atoms with Gasteiger partial charge in [-0.25, -0.2) is 0 Å². The van der Waals surface area contributed by atoms with Gasteiger partial charge in [0, 0.05) is 12.2 Å². The second-order valence-electron chi connectivity index (χ2n) is 7.29. The standard InChI is InChI=1S/C22H39NO4S/c1-2-3-4-5-6-7-8-9-10-11-12-14-18(22(27)19(23)17-28)20(24)15-13-16-21(25)26/h10-12,14,18-20,24,28H,2-9,13,15-17,23H2,1H3,(H,25,26)/t18-,19+,20+/m0/s1. The molecule has 0 unspecified atom stereocenters. The molecule has 0 rings (SSSR count). The van der Waals surface area contributed by atoms with Crippen molar-refractivity contribution in [2.24, 2.45) is 11.7 Å². The molecule has 162 valence electrons. The SMILES string of the molecule is CCCCCCCCCC=CC=C[C@H](C(=O)[C@H](N)CS)[C@H](O)CCCC(=O)O. The van der Waals surface area contributed by atoms with E-state index < -0.39 is 24.0 Å². The van der Waals surface area contributed by atoms with Crippen molar-refractivity contribution in [3.63, 3.8) is 0 Å². The topological polar surface area (TPSA) is 101 Å². The molecule has 0 radical (unpaired) electrons. The minimum Gasteiger partial charge on any atom is -0.481 e. The Kier molecular flexibility index (Phi) is 17.2. The van der Waals surface area contributed by atoms with Crippen molar-refractivity contribution in [3.05, 3.63) is 24.3 Å². The smallest absolute Gasteiger partial charge is 0.303 e. The van der Waals surface area contributed by atoms with Gasteiger partial charge in [0.1, 0.15) is 0 Å². The first-order valence-corrected chi connectivity index (χ1v) is 11.2. The van der Waals surface area contributed by atoms with Crippen LogP contribution >= 0.6 is 12.6 Å². The van der Waals surface area contributed by atoms with Gasteiger partial charge in [0.15, 0.2) is 5.78 Å². The highest BCUT2D eigenvalue weighted by Gasteiger charge is 2.27. The van der Waals surface area contributed by atoms with E-state index in [0.717, 1.165) is 12.8 Å². The molecule has 0 aliphatic rings. The number of allylic oxidation sites excluding steroid dienone is 3. The second kappa shape index (κ2) is 18.0. The molecule has 0 aliphatic heterocycles. The van der Waals surface area contributed by atoms with Gasteiger partial charge in [-0.2, -0.15) is 12.6 Å². The number of hydrogen-bond acceptors (Lipinski definition) is 5. The van der Waals surface area contributed by atoms with Crippen LogP contribution in [0, 0.1) is 5.92 Å². The third-order valence-corrected chi connectivity index (χ3v) is 5.13. The summed E-state index contributed by atoms with van der Waals surface area (Å²) in [7, 11) is 0. The van der Waals surface area contributed by atoms with Crippen molar-refractivity contribution >= 4 is 24.4 Å². The Bertz CT molecular complexity index is 479. The van der Waals surface area contributed by atoms with E-state index >= 15 is 0 Å². The number of aliphatic carboxylic acids is 1. The third-order valence-electron chi connectivity index (χ3n) is 4.74. The molecule has 5 nitrogen and oxygen atoms in total. The zero-order valence-corrected chi connectivity index (χ0v) is 18.2. The Morgan fingerprint density at radius 3 is 2.29 bits per heavy atom. The van der Waals surface area contributed by atoms with Crippen LogP contribution in [0.4, 0.5) is 0 Å². The molecule has 0 heterocycles. The number of aliphatic hydroxyl groups excluding tert-OH is 1. The summed E-state index contributed by atoms with van der Waals surface area (Å²) >= 11 is 4.06. The van der Waals surface area contributed by atoms with Gasteiger partial charge >= 0.3 is 5.97 Å². The number of nitrogens with two attached hydrogens (primary N) is 1. The first-order valence-electron chi connectivity index (χ1n) is 10.6. The summed E-state index contributed by atoms with van der Waals surface area (Å²) in [5.74, 6) is -1.71. The van der Waals surface area contributed by atoms with Gasteiger partial charge < -0.3 is 15.9 Å². The summed E-state index contributed by atoms with van der Waals surface area (Å²) in [6.07, 6.45) is 16.9. The largest absolute Gasteiger partial charge is 0.481 e. The van der Waals surface area contributed by atoms with E-state index in [1.54, 1.807) is 12.2 Å². The second-order valence-corrected chi connectivity index (χ2v) is 7.66. The number of ketones is 1. The quantitative estimate of drug-likeness (QED) is 0.152. The first kappa shape index (κ1) is 26.9. The molecule has 6 heteroatoms. The van der Waals surface area contributed by atoms with Crippen molar-refractivity contribution in [3.8, 4) is 0 Å². The predicted molar refractivity (Wildman–Crippen MR) is 119 cm³/mol. The number of aliphatic hydroxyl groups is 1. The fraction of sp³-hybridized carbons (Fsp3) is 0.727. The fourth-order valence-electron chi connectivity index (χ4n) is 2.97. The minimum absolute atomic E-state index is 0.0291. The van der Waals surface area contributed by atoms with Gasteiger partial charge in [0.2, 0.25) is 0 Å². The lowest BCUT2D eigenvalue weighted by Gasteiger charge is -2.21. The first-order chi connectivity index (χ1) is 13.4. The Balaban J connectivity index is 4.40. The van der Waals surface area contributed by atoms with Crippen LogP contribution in [0.25, 0.3) is 0 Å². The molecule has 3 atom stereocenters. The Hall–Kier alpha value is -1.11. The van der Waals surface area contributed by atoms with Gasteiger partial charge in [-0.05, 0) is 25.7 Å². The molecule has 0 saturated carbocycles. The molecule has 0 aromatic heterocycles. The van der Waals surface area contributed by atoms with E-state index in [-0.39, 0.29) is 24.4 Å². The number of unbranched alkanes of at least 4 members (excludes halogenated alkanes) is 7. The molecule has 0 aromatic rings. The average Bonchev–Trinajstić information content (AvgIpc) is 2.67. The summed E-state index contributed by atoms with van der Waals surface area (Å²) < 4.78 is 0. The number of thiol groups is 1. The molecule has 0 fully saturated rings. The molecule has 0 spiro atoms. The highest BCUT2D eigenvalue weighted by atomic mass is 32.1. The minimum atomic E-state index is -0.939. The summed E-state index contributed by atoms with van der Waals surface area (Å²) in [6.45, 7) is 2.22. The molecular weight excluding hydrogens is 374 g/mol. The molecule has 0 bridgehead atoms. The monoisotopic (exact) mass is 413 g/mol. The maximum atomic E-state index is 12.4. The van der Waals surface area contributed by atoms with E-state index in [1.165, 1.54) is 38.5 Å². The van der Waals surface area contributed by atoms with E-state index in [1.807, 2.05) is 6.08 Å². The Morgan fingerprint density at radius 1 is 1.04 bits per heavy atom. The van der Waals surface area contributed by atoms with Crippen LogP contribution in [-0.2, 0) is 9.59 Å². The van der Waals surface area contributed by atoms with E-state index in [4.69, 9.17) is 10.8 Å². The highest BCUT2D eigenvalue weighted by Crippen LogP contribution is 2.16. The van der Waals surface area contributed by atoms with E-state index in [0.29, 0.717) is 6.42 Å². The molecular formula is C22H39NO4S. The van der Waals surface area contributed by atoms with Crippen LogP contribution in [0.3, 0.4) is 0 Å². The Morgan fingerprint density at radius 2 is 1.68 bits per heavy atom. The van der Waals surface area contributed by atoms with Gasteiger partial charge in [0.05, 0.1) is 18.1 Å². The number of carbonyl (C=O) groups excluding carboxylic acids is 1. The summed E-state index contributed by atoms with van der Waals surface area (Å²) in [4.78, 5) is 23.0. The van der Waals surface area contributed by atoms with Gasteiger partial charge in [-0.1, -0.05) is 69.8 Å². The zero-order chi connectivity index (χ0) is 21.2. The molecule has 28 heavy (non-hydrogen) atoms. The van der Waals surface area contributed by atoms with Crippen molar-refractivity contribution in [1.29, 1.82) is 0 Å². The normalized spacial score (nSPS) is 15.1. The number of Topliss-reactive ketones (excluding diaryl/α,β-unsaturated/α-hetero) is 1. The molecule has 4 N–H and O–H groups in total. The van der Waals surface area contributed by atoms with Crippen molar-refractivity contribution in [2.75, 3.05) is 5.75 Å². The van der Waals surface area contributed by atoms with Crippen LogP contribution < -0.4 is 5.73 Å². The zero-order valence-electron chi connectivity index (χ0n) is 17.3. The lowest BCUT2D eigenvalue weighted by atomic mass is 9.90. The lowest BCUT2D eigenvalue weighted by Crippen LogP contribution is -2.41. The highest BCUT2D eigenvalue weighted by molar-refractivity contribution is 7.80. The summed E-state index contributed by atoms with van der Waals surface area (Å²) in [6, 6.07) is -0.746. The average molecular weight is 414 g/mol. The molecule has 0 aromatic carbocycles. The van der Waals surface area contributed by atoms with Crippen LogP contribution in [0.15, 0.2) is 24.3 Å². The number of carboxylic acids is 1. The van der Waals surface area contributed by atoms with Gasteiger partial charge in [0.25, 0.3) is 0 Å². The number of carbonyl (C=O) groups is 2. The van der Waals surface area contributed by atoms with Crippen molar-refractivity contribution in [2.45, 2.75) is 89.7 Å². The van der Waals surface area contributed by atoms with E-state index in [2.05, 4.69) is 25.6 Å².